The van der Waals surface area contributed by atoms with E-state index in [1.165, 1.54) is 0 Å². The molecule has 0 saturated heterocycles. The summed E-state index contributed by atoms with van der Waals surface area (Å²) >= 11 is 0. The summed E-state index contributed by atoms with van der Waals surface area (Å²) < 4.78 is 7.54. The van der Waals surface area contributed by atoms with Crippen molar-refractivity contribution < 1.29 is 9.53 Å². The molecule has 0 unspecified atom stereocenters. The number of rotatable bonds is 6. The molecule has 3 heterocycles. The van der Waals surface area contributed by atoms with Crippen LogP contribution in [0.5, 0.6) is 5.88 Å². The summed E-state index contributed by atoms with van der Waals surface area (Å²) in [6.45, 7) is 6.34. The van der Waals surface area contributed by atoms with Gasteiger partial charge in [-0.25, -0.2) is 9.67 Å². The van der Waals surface area contributed by atoms with Gasteiger partial charge >= 0.3 is 0 Å². The average Bonchev–Trinajstić information content (AvgIpc) is 3.04. The molecule has 0 N–H and O–H groups in total. The summed E-state index contributed by atoms with van der Waals surface area (Å²) in [7, 11) is 0. The molecule has 0 saturated carbocycles. The molecule has 0 fully saturated rings. The highest BCUT2D eigenvalue weighted by atomic mass is 16.5. The molecule has 0 bridgehead atoms. The number of nitrogens with zero attached hydrogens (tertiary/aromatic N) is 5. The first-order valence-electron chi connectivity index (χ1n) is 8.46. The van der Waals surface area contributed by atoms with Crippen molar-refractivity contribution in [1.29, 1.82) is 0 Å². The minimum Gasteiger partial charge on any atom is -0.471 e. The van der Waals surface area contributed by atoms with Crippen molar-refractivity contribution >= 4 is 5.91 Å². The van der Waals surface area contributed by atoms with E-state index in [0.29, 0.717) is 32.1 Å². The number of hydrogen-bond acceptors (Lipinski definition) is 5. The van der Waals surface area contributed by atoms with Crippen LogP contribution in [-0.4, -0.2) is 37.3 Å². The number of amides is 1. The van der Waals surface area contributed by atoms with E-state index in [2.05, 4.69) is 29.1 Å². The topological polar surface area (TPSA) is 73.1 Å². The first-order chi connectivity index (χ1) is 11.7. The second kappa shape index (κ2) is 7.42. The van der Waals surface area contributed by atoms with E-state index < -0.39 is 0 Å². The standard InChI is InChI=1S/C17H23N5O2/c1-3-13(4-2)17(23)21-9-10-22-15(11-21)14(19-20-22)12-24-16-7-5-6-8-18-16/h5-8,13H,3-4,9-12H2,1-2H3. The third-order valence-corrected chi connectivity index (χ3v) is 4.48. The summed E-state index contributed by atoms with van der Waals surface area (Å²) in [5, 5.41) is 8.39. The third kappa shape index (κ3) is 3.39. The van der Waals surface area contributed by atoms with Gasteiger partial charge in [-0.05, 0) is 18.9 Å². The van der Waals surface area contributed by atoms with E-state index in [0.717, 1.165) is 24.2 Å². The van der Waals surface area contributed by atoms with Crippen molar-refractivity contribution in [1.82, 2.24) is 24.9 Å². The summed E-state index contributed by atoms with van der Waals surface area (Å²) in [6, 6.07) is 5.52. The van der Waals surface area contributed by atoms with Crippen LogP contribution < -0.4 is 4.74 Å². The fraction of sp³-hybridized carbons (Fsp3) is 0.529. The van der Waals surface area contributed by atoms with Gasteiger partial charge in [0.25, 0.3) is 0 Å². The first-order valence-corrected chi connectivity index (χ1v) is 8.46. The molecule has 2 aromatic rings. The van der Waals surface area contributed by atoms with E-state index in [1.807, 2.05) is 21.7 Å². The predicted molar refractivity (Wildman–Crippen MR) is 88.1 cm³/mol. The van der Waals surface area contributed by atoms with Crippen LogP contribution >= 0.6 is 0 Å². The van der Waals surface area contributed by atoms with Gasteiger partial charge in [-0.2, -0.15) is 0 Å². The van der Waals surface area contributed by atoms with Gasteiger partial charge in [0.15, 0.2) is 0 Å². The minimum absolute atomic E-state index is 0.0978. The maximum absolute atomic E-state index is 12.6. The Hall–Kier alpha value is -2.44. The molecule has 7 heteroatoms. The Labute approximate surface area is 141 Å². The van der Waals surface area contributed by atoms with E-state index in [9.17, 15) is 4.79 Å². The van der Waals surface area contributed by atoms with Gasteiger partial charge in [0.1, 0.15) is 12.3 Å². The molecule has 0 atom stereocenters. The van der Waals surface area contributed by atoms with Crippen LogP contribution in [0, 0.1) is 5.92 Å². The Kier molecular flexibility index (Phi) is 5.08. The third-order valence-electron chi connectivity index (χ3n) is 4.48. The highest BCUT2D eigenvalue weighted by molar-refractivity contribution is 5.78. The van der Waals surface area contributed by atoms with Crippen molar-refractivity contribution in [2.24, 2.45) is 5.92 Å². The quantitative estimate of drug-likeness (QED) is 0.811. The number of fused-ring (bicyclic) bond motifs is 1. The van der Waals surface area contributed by atoms with Crippen molar-refractivity contribution in [3.8, 4) is 5.88 Å². The second-order valence-corrected chi connectivity index (χ2v) is 5.94. The van der Waals surface area contributed by atoms with Crippen LogP contribution in [0.25, 0.3) is 0 Å². The van der Waals surface area contributed by atoms with E-state index in [4.69, 9.17) is 4.74 Å². The maximum atomic E-state index is 12.6. The normalized spacial score (nSPS) is 13.9. The molecule has 2 aromatic heterocycles. The van der Waals surface area contributed by atoms with E-state index >= 15 is 0 Å². The minimum atomic E-state index is 0.0978. The number of pyridine rings is 1. The lowest BCUT2D eigenvalue weighted by Crippen LogP contribution is -2.41. The highest BCUT2D eigenvalue weighted by Crippen LogP contribution is 2.20. The van der Waals surface area contributed by atoms with Gasteiger partial charge in [-0.15, -0.1) is 5.10 Å². The molecule has 0 aromatic carbocycles. The molecule has 0 spiro atoms. The van der Waals surface area contributed by atoms with Crippen LogP contribution in [-0.2, 0) is 24.5 Å². The molecule has 128 valence electrons. The summed E-state index contributed by atoms with van der Waals surface area (Å²) in [5.41, 5.74) is 1.72. The summed E-state index contributed by atoms with van der Waals surface area (Å²) in [6.07, 6.45) is 3.43. The number of aromatic nitrogens is 4. The van der Waals surface area contributed by atoms with Gasteiger partial charge in [-0.1, -0.05) is 25.1 Å². The van der Waals surface area contributed by atoms with E-state index in [-0.39, 0.29) is 11.8 Å². The van der Waals surface area contributed by atoms with Gasteiger partial charge < -0.3 is 9.64 Å². The van der Waals surface area contributed by atoms with Crippen molar-refractivity contribution in [3.63, 3.8) is 0 Å². The van der Waals surface area contributed by atoms with Gasteiger partial charge in [0.05, 0.1) is 18.8 Å². The maximum Gasteiger partial charge on any atom is 0.226 e. The van der Waals surface area contributed by atoms with Gasteiger partial charge in [0, 0.05) is 24.7 Å². The average molecular weight is 329 g/mol. The fourth-order valence-corrected chi connectivity index (χ4v) is 2.97. The van der Waals surface area contributed by atoms with Crippen LogP contribution in [0.4, 0.5) is 0 Å². The molecule has 1 aliphatic heterocycles. The van der Waals surface area contributed by atoms with Crippen molar-refractivity contribution in [3.05, 3.63) is 35.8 Å². The zero-order valence-corrected chi connectivity index (χ0v) is 14.2. The molecule has 0 radical (unpaired) electrons. The number of carbonyl (C=O) groups excluding carboxylic acids is 1. The van der Waals surface area contributed by atoms with Crippen LogP contribution in [0.15, 0.2) is 24.4 Å². The van der Waals surface area contributed by atoms with Gasteiger partial charge in [-0.3, -0.25) is 4.79 Å². The highest BCUT2D eigenvalue weighted by Gasteiger charge is 2.28. The Balaban J connectivity index is 1.69. The Morgan fingerprint density at radius 1 is 1.29 bits per heavy atom. The Bertz CT molecular complexity index is 682. The van der Waals surface area contributed by atoms with Crippen LogP contribution in [0.2, 0.25) is 0 Å². The predicted octanol–water partition coefficient (Wildman–Crippen LogP) is 2.03. The Morgan fingerprint density at radius 3 is 2.83 bits per heavy atom. The Morgan fingerprint density at radius 2 is 2.12 bits per heavy atom. The lowest BCUT2D eigenvalue weighted by Gasteiger charge is -2.30. The van der Waals surface area contributed by atoms with Crippen molar-refractivity contribution in [2.45, 2.75) is 46.4 Å². The zero-order valence-electron chi connectivity index (χ0n) is 14.2. The number of ether oxygens (including phenoxy) is 1. The SMILES string of the molecule is CCC(CC)C(=O)N1CCn2nnc(COc3ccccn3)c2C1. The molecule has 3 rings (SSSR count). The van der Waals surface area contributed by atoms with Crippen LogP contribution in [0.3, 0.4) is 0 Å². The summed E-state index contributed by atoms with van der Waals surface area (Å²) in [5.74, 6) is 0.879. The van der Waals surface area contributed by atoms with Crippen LogP contribution in [0.1, 0.15) is 38.1 Å². The fourth-order valence-electron chi connectivity index (χ4n) is 2.97. The molecule has 1 aliphatic rings. The smallest absolute Gasteiger partial charge is 0.226 e. The molecular formula is C17H23N5O2. The second-order valence-electron chi connectivity index (χ2n) is 5.94. The zero-order chi connectivity index (χ0) is 16.9. The lowest BCUT2D eigenvalue weighted by molar-refractivity contribution is -0.137. The molecule has 1 amide bonds. The number of hydrogen-bond donors (Lipinski definition) is 0. The summed E-state index contributed by atoms with van der Waals surface area (Å²) in [4.78, 5) is 18.7. The largest absolute Gasteiger partial charge is 0.471 e. The molecule has 7 nitrogen and oxygen atoms in total. The van der Waals surface area contributed by atoms with E-state index in [1.54, 1.807) is 12.3 Å². The molecular weight excluding hydrogens is 306 g/mol. The monoisotopic (exact) mass is 329 g/mol. The number of carbonyl (C=O) groups is 1. The molecule has 24 heavy (non-hydrogen) atoms. The van der Waals surface area contributed by atoms with Crippen molar-refractivity contribution in [2.75, 3.05) is 6.54 Å². The first kappa shape index (κ1) is 16.4. The lowest BCUT2D eigenvalue weighted by atomic mass is 10.0. The van der Waals surface area contributed by atoms with Gasteiger partial charge in [0.2, 0.25) is 11.8 Å². The molecule has 0 aliphatic carbocycles.